The van der Waals surface area contributed by atoms with Crippen molar-refractivity contribution in [3.63, 3.8) is 0 Å². The van der Waals surface area contributed by atoms with Crippen LogP contribution in [-0.2, 0) is 17.6 Å². The third kappa shape index (κ3) is 3.72. The summed E-state index contributed by atoms with van der Waals surface area (Å²) in [6, 6.07) is 7.53. The standard InChI is InChI=1S/C19H18N2O3S/c1-12(22)24-16-8-7-13(9-17(16)23-2)11-21-19-15(10-20)14-5-3-4-6-18(14)25-19/h7-9,11H,3-6H2,1-2H3. The summed E-state index contributed by atoms with van der Waals surface area (Å²) in [4.78, 5) is 16.9. The molecule has 0 saturated heterocycles. The van der Waals surface area contributed by atoms with Gasteiger partial charge in [0.15, 0.2) is 11.5 Å². The van der Waals surface area contributed by atoms with Crippen LogP contribution in [0.25, 0.3) is 0 Å². The van der Waals surface area contributed by atoms with E-state index in [-0.39, 0.29) is 0 Å². The highest BCUT2D eigenvalue weighted by Gasteiger charge is 2.20. The number of esters is 1. The van der Waals surface area contributed by atoms with E-state index in [2.05, 4.69) is 11.1 Å². The van der Waals surface area contributed by atoms with Crippen LogP contribution < -0.4 is 9.47 Å². The van der Waals surface area contributed by atoms with Crippen LogP contribution in [0, 0.1) is 11.3 Å². The van der Waals surface area contributed by atoms with E-state index < -0.39 is 5.97 Å². The summed E-state index contributed by atoms with van der Waals surface area (Å²) in [6.45, 7) is 1.34. The minimum atomic E-state index is -0.400. The minimum absolute atomic E-state index is 0.372. The molecule has 1 heterocycles. The second kappa shape index (κ2) is 7.49. The van der Waals surface area contributed by atoms with E-state index in [0.29, 0.717) is 17.1 Å². The maximum atomic E-state index is 11.1. The first-order valence-electron chi connectivity index (χ1n) is 8.07. The van der Waals surface area contributed by atoms with E-state index in [4.69, 9.17) is 9.47 Å². The van der Waals surface area contributed by atoms with Crippen LogP contribution in [0.5, 0.6) is 11.5 Å². The molecule has 1 aromatic heterocycles. The van der Waals surface area contributed by atoms with Gasteiger partial charge in [0.05, 0.1) is 12.7 Å². The average Bonchev–Trinajstić information content (AvgIpc) is 2.97. The van der Waals surface area contributed by atoms with Crippen LogP contribution in [0.1, 0.15) is 41.3 Å². The molecule has 0 amide bonds. The molecule has 0 bridgehead atoms. The normalized spacial score (nSPS) is 13.3. The van der Waals surface area contributed by atoms with Crippen molar-refractivity contribution in [2.45, 2.75) is 32.6 Å². The van der Waals surface area contributed by atoms with Crippen LogP contribution >= 0.6 is 11.3 Å². The number of nitriles is 1. The van der Waals surface area contributed by atoms with Crippen LogP contribution in [0.2, 0.25) is 0 Å². The molecule has 25 heavy (non-hydrogen) atoms. The number of hydrogen-bond acceptors (Lipinski definition) is 6. The Hall–Kier alpha value is -2.65. The maximum Gasteiger partial charge on any atom is 0.308 e. The Morgan fingerprint density at radius 2 is 2.12 bits per heavy atom. The second-order valence-electron chi connectivity index (χ2n) is 5.76. The monoisotopic (exact) mass is 354 g/mol. The van der Waals surface area contributed by atoms with Crippen molar-refractivity contribution in [1.29, 1.82) is 5.26 Å². The molecular weight excluding hydrogens is 336 g/mol. The van der Waals surface area contributed by atoms with Crippen molar-refractivity contribution in [1.82, 2.24) is 0 Å². The molecule has 5 nitrogen and oxygen atoms in total. The first-order chi connectivity index (χ1) is 12.1. The van der Waals surface area contributed by atoms with Crippen LogP contribution in [0.3, 0.4) is 0 Å². The minimum Gasteiger partial charge on any atom is -0.493 e. The van der Waals surface area contributed by atoms with Gasteiger partial charge >= 0.3 is 5.97 Å². The van der Waals surface area contributed by atoms with Gasteiger partial charge in [0.2, 0.25) is 0 Å². The third-order valence-corrected chi connectivity index (χ3v) is 5.24. The quantitative estimate of drug-likeness (QED) is 0.469. The van der Waals surface area contributed by atoms with Crippen molar-refractivity contribution in [3.8, 4) is 17.6 Å². The van der Waals surface area contributed by atoms with Crippen LogP contribution in [0.4, 0.5) is 5.00 Å². The molecule has 0 atom stereocenters. The van der Waals surface area contributed by atoms with Gasteiger partial charge in [0.1, 0.15) is 11.1 Å². The fourth-order valence-electron chi connectivity index (χ4n) is 2.89. The largest absolute Gasteiger partial charge is 0.493 e. The number of aryl methyl sites for hydroxylation is 1. The number of carbonyl (C=O) groups excluding carboxylic acids is 1. The fourth-order valence-corrected chi connectivity index (χ4v) is 4.08. The highest BCUT2D eigenvalue weighted by atomic mass is 32.1. The predicted molar refractivity (Wildman–Crippen MR) is 97.2 cm³/mol. The first-order valence-corrected chi connectivity index (χ1v) is 8.89. The van der Waals surface area contributed by atoms with Gasteiger partial charge in [0.25, 0.3) is 0 Å². The number of hydrogen-bond donors (Lipinski definition) is 0. The zero-order chi connectivity index (χ0) is 17.8. The summed E-state index contributed by atoms with van der Waals surface area (Å²) in [5, 5.41) is 10.2. The Morgan fingerprint density at radius 3 is 2.84 bits per heavy atom. The molecule has 0 radical (unpaired) electrons. The second-order valence-corrected chi connectivity index (χ2v) is 6.85. The number of fused-ring (bicyclic) bond motifs is 1. The Bertz CT molecular complexity index is 878. The number of aliphatic imine (C=N–C) groups is 1. The fraction of sp³-hybridized carbons (Fsp3) is 0.316. The van der Waals surface area contributed by atoms with E-state index in [1.54, 1.807) is 35.8 Å². The summed E-state index contributed by atoms with van der Waals surface area (Å²) in [5.74, 6) is 0.434. The van der Waals surface area contributed by atoms with Gasteiger partial charge in [0, 0.05) is 18.0 Å². The molecular formula is C19H18N2O3S. The number of ether oxygens (including phenoxy) is 2. The summed E-state index contributed by atoms with van der Waals surface area (Å²) in [7, 11) is 1.52. The van der Waals surface area contributed by atoms with Gasteiger partial charge in [-0.1, -0.05) is 0 Å². The molecule has 1 aliphatic carbocycles. The van der Waals surface area contributed by atoms with E-state index in [1.807, 2.05) is 0 Å². The SMILES string of the molecule is COc1cc(C=Nc2sc3c(c2C#N)CCCC3)ccc1OC(C)=O. The molecule has 0 spiro atoms. The number of nitrogens with zero attached hydrogens (tertiary/aromatic N) is 2. The van der Waals surface area contributed by atoms with Gasteiger partial charge in [-0.3, -0.25) is 4.79 Å². The molecule has 0 unspecified atom stereocenters. The number of thiophene rings is 1. The molecule has 2 aromatic rings. The lowest BCUT2D eigenvalue weighted by Gasteiger charge is -2.09. The van der Waals surface area contributed by atoms with Crippen LogP contribution in [0.15, 0.2) is 23.2 Å². The Balaban J connectivity index is 1.89. The number of benzene rings is 1. The third-order valence-electron chi connectivity index (χ3n) is 4.04. The highest BCUT2D eigenvalue weighted by molar-refractivity contribution is 7.16. The van der Waals surface area contributed by atoms with Crippen LogP contribution in [-0.4, -0.2) is 19.3 Å². The van der Waals surface area contributed by atoms with E-state index in [1.165, 1.54) is 30.9 Å². The Morgan fingerprint density at radius 1 is 1.32 bits per heavy atom. The molecule has 0 fully saturated rings. The lowest BCUT2D eigenvalue weighted by atomic mass is 9.96. The zero-order valence-corrected chi connectivity index (χ0v) is 15.0. The van der Waals surface area contributed by atoms with E-state index in [0.717, 1.165) is 29.8 Å². The summed E-state index contributed by atoms with van der Waals surface area (Å²) in [5.41, 5.74) is 2.69. The zero-order valence-electron chi connectivity index (χ0n) is 14.2. The molecule has 128 valence electrons. The van der Waals surface area contributed by atoms with Gasteiger partial charge in [-0.2, -0.15) is 5.26 Å². The van der Waals surface area contributed by atoms with Crippen molar-refractivity contribution in [2.24, 2.45) is 4.99 Å². The number of methoxy groups -OCH3 is 1. The maximum absolute atomic E-state index is 11.1. The van der Waals surface area contributed by atoms with Gasteiger partial charge in [-0.25, -0.2) is 4.99 Å². The predicted octanol–water partition coefficient (Wildman–Crippen LogP) is 4.18. The van der Waals surface area contributed by atoms with Crippen molar-refractivity contribution < 1.29 is 14.3 Å². The van der Waals surface area contributed by atoms with Gasteiger partial charge < -0.3 is 9.47 Å². The Kier molecular flexibility index (Phi) is 5.15. The van der Waals surface area contributed by atoms with Gasteiger partial charge in [-0.15, -0.1) is 11.3 Å². The van der Waals surface area contributed by atoms with E-state index in [9.17, 15) is 10.1 Å². The first kappa shape index (κ1) is 17.2. The van der Waals surface area contributed by atoms with Crippen molar-refractivity contribution in [2.75, 3.05) is 7.11 Å². The lowest BCUT2D eigenvalue weighted by Crippen LogP contribution is -2.03. The molecule has 3 rings (SSSR count). The van der Waals surface area contributed by atoms with Gasteiger partial charge in [-0.05, 0) is 55.0 Å². The molecule has 0 N–H and O–H groups in total. The topological polar surface area (TPSA) is 71.7 Å². The highest BCUT2D eigenvalue weighted by Crippen LogP contribution is 2.39. The summed E-state index contributed by atoms with van der Waals surface area (Å²) < 4.78 is 10.4. The molecule has 1 aliphatic rings. The average molecular weight is 354 g/mol. The smallest absolute Gasteiger partial charge is 0.308 e. The summed E-state index contributed by atoms with van der Waals surface area (Å²) >= 11 is 1.61. The van der Waals surface area contributed by atoms with Crippen molar-refractivity contribution in [3.05, 3.63) is 39.8 Å². The molecule has 0 saturated carbocycles. The lowest BCUT2D eigenvalue weighted by molar-refractivity contribution is -0.132. The van der Waals surface area contributed by atoms with E-state index >= 15 is 0 Å². The Labute approximate surface area is 150 Å². The molecule has 0 aliphatic heterocycles. The summed E-state index contributed by atoms with van der Waals surface area (Å²) in [6.07, 6.45) is 6.02. The number of carbonyl (C=O) groups is 1. The number of rotatable bonds is 4. The van der Waals surface area contributed by atoms with Crippen molar-refractivity contribution >= 4 is 28.5 Å². The molecule has 6 heteroatoms. The molecule has 1 aromatic carbocycles.